The summed E-state index contributed by atoms with van der Waals surface area (Å²) in [5, 5.41) is 2.95. The Morgan fingerprint density at radius 1 is 1.00 bits per heavy atom. The lowest BCUT2D eigenvalue weighted by atomic mass is 10.1. The van der Waals surface area contributed by atoms with E-state index in [1.54, 1.807) is 26.4 Å². The van der Waals surface area contributed by atoms with E-state index in [1.165, 1.54) is 0 Å². The molecule has 0 aromatic heterocycles. The minimum absolute atomic E-state index is 0.0774. The lowest BCUT2D eigenvalue weighted by Crippen LogP contribution is -2.24. The molecule has 0 fully saturated rings. The van der Waals surface area contributed by atoms with Crippen LogP contribution in [0.5, 0.6) is 17.2 Å². The van der Waals surface area contributed by atoms with Gasteiger partial charge in [-0.1, -0.05) is 25.8 Å². The van der Waals surface area contributed by atoms with Crippen LogP contribution < -0.4 is 19.5 Å². The third-order valence-electron chi connectivity index (χ3n) is 4.04. The van der Waals surface area contributed by atoms with Crippen LogP contribution in [0.25, 0.3) is 0 Å². The van der Waals surface area contributed by atoms with Gasteiger partial charge in [0.2, 0.25) is 0 Å². The van der Waals surface area contributed by atoms with Gasteiger partial charge in [0.15, 0.2) is 0 Å². The molecule has 0 unspecified atom stereocenters. The van der Waals surface area contributed by atoms with Crippen LogP contribution in [0.1, 0.15) is 42.1 Å². The monoisotopic (exact) mass is 357 g/mol. The largest absolute Gasteiger partial charge is 0.497 e. The lowest BCUT2D eigenvalue weighted by Gasteiger charge is -2.13. The van der Waals surface area contributed by atoms with Crippen molar-refractivity contribution in [3.05, 3.63) is 53.6 Å². The van der Waals surface area contributed by atoms with Crippen molar-refractivity contribution in [3.8, 4) is 17.2 Å². The minimum atomic E-state index is -0.0774. The van der Waals surface area contributed by atoms with Crippen molar-refractivity contribution in [3.63, 3.8) is 0 Å². The summed E-state index contributed by atoms with van der Waals surface area (Å²) >= 11 is 0. The number of hydrogen-bond donors (Lipinski definition) is 1. The highest BCUT2D eigenvalue weighted by Crippen LogP contribution is 2.24. The second-order valence-corrected chi connectivity index (χ2v) is 5.96. The Hall–Kier alpha value is -2.69. The molecule has 0 aliphatic heterocycles. The van der Waals surface area contributed by atoms with Gasteiger partial charge in [0.1, 0.15) is 23.9 Å². The number of nitrogens with one attached hydrogen (secondary N) is 1. The van der Waals surface area contributed by atoms with Crippen LogP contribution in [0.4, 0.5) is 0 Å². The van der Waals surface area contributed by atoms with E-state index in [2.05, 4.69) is 12.2 Å². The molecule has 1 N–H and O–H groups in total. The predicted octanol–water partition coefficient (Wildman–Crippen LogP) is 4.20. The van der Waals surface area contributed by atoms with Gasteiger partial charge in [0, 0.05) is 23.7 Å². The zero-order chi connectivity index (χ0) is 18.8. The van der Waals surface area contributed by atoms with E-state index in [0.717, 1.165) is 30.6 Å². The smallest absolute Gasteiger partial charge is 0.251 e. The number of rotatable bonds is 10. The molecule has 2 aromatic carbocycles. The van der Waals surface area contributed by atoms with Crippen molar-refractivity contribution in [2.75, 3.05) is 20.8 Å². The van der Waals surface area contributed by atoms with Crippen LogP contribution in [0.3, 0.4) is 0 Å². The van der Waals surface area contributed by atoms with Crippen LogP contribution in [-0.2, 0) is 6.61 Å². The molecule has 0 atom stereocenters. The highest BCUT2D eigenvalue weighted by molar-refractivity contribution is 5.94. The summed E-state index contributed by atoms with van der Waals surface area (Å²) in [6.07, 6.45) is 3.23. The van der Waals surface area contributed by atoms with Crippen molar-refractivity contribution in [1.82, 2.24) is 5.32 Å². The second kappa shape index (κ2) is 10.3. The summed E-state index contributed by atoms with van der Waals surface area (Å²) in [4.78, 5) is 12.3. The highest BCUT2D eigenvalue weighted by Gasteiger charge is 2.11. The molecule has 0 spiro atoms. The number of carbonyl (C=O) groups excluding carboxylic acids is 1. The van der Waals surface area contributed by atoms with Crippen molar-refractivity contribution >= 4 is 5.91 Å². The standard InChI is InChI=1S/C21H27NO4/c1-4-5-6-12-22-21(23)16-10-11-20(25-3)17(13-16)15-26-19-9-7-8-18(14-19)24-2/h7-11,13-14H,4-6,12,15H2,1-3H3,(H,22,23). The van der Waals surface area contributed by atoms with Gasteiger partial charge in [-0.25, -0.2) is 0 Å². The van der Waals surface area contributed by atoms with E-state index >= 15 is 0 Å². The molecule has 0 aliphatic carbocycles. The molecule has 1 amide bonds. The van der Waals surface area contributed by atoms with Gasteiger partial charge >= 0.3 is 0 Å². The minimum Gasteiger partial charge on any atom is -0.497 e. The van der Waals surface area contributed by atoms with Crippen molar-refractivity contribution in [1.29, 1.82) is 0 Å². The molecule has 0 bridgehead atoms. The number of methoxy groups -OCH3 is 2. The fraction of sp³-hybridized carbons (Fsp3) is 0.381. The summed E-state index contributed by atoms with van der Waals surface area (Å²) in [7, 11) is 3.22. The third kappa shape index (κ3) is 5.69. The molecule has 140 valence electrons. The molecule has 0 saturated carbocycles. The van der Waals surface area contributed by atoms with E-state index in [0.29, 0.717) is 30.2 Å². The Balaban J connectivity index is 2.05. The molecular weight excluding hydrogens is 330 g/mol. The quantitative estimate of drug-likeness (QED) is 0.648. The van der Waals surface area contributed by atoms with Gasteiger partial charge < -0.3 is 19.5 Å². The molecular formula is C21H27NO4. The summed E-state index contributed by atoms with van der Waals surface area (Å²) in [5.41, 5.74) is 1.42. The topological polar surface area (TPSA) is 56.8 Å². The van der Waals surface area contributed by atoms with Gasteiger partial charge in [0.05, 0.1) is 14.2 Å². The summed E-state index contributed by atoms with van der Waals surface area (Å²) in [6.45, 7) is 3.13. The zero-order valence-electron chi connectivity index (χ0n) is 15.7. The SMILES string of the molecule is CCCCCNC(=O)c1ccc(OC)c(COc2cccc(OC)c2)c1. The van der Waals surface area contributed by atoms with Gasteiger partial charge in [-0.15, -0.1) is 0 Å². The zero-order valence-corrected chi connectivity index (χ0v) is 15.7. The first-order valence-electron chi connectivity index (χ1n) is 8.90. The predicted molar refractivity (Wildman–Crippen MR) is 102 cm³/mol. The van der Waals surface area contributed by atoms with E-state index < -0.39 is 0 Å². The Bertz CT molecular complexity index is 715. The number of ether oxygens (including phenoxy) is 3. The summed E-state index contributed by atoms with van der Waals surface area (Å²) in [5.74, 6) is 2.04. The summed E-state index contributed by atoms with van der Waals surface area (Å²) < 4.78 is 16.4. The third-order valence-corrected chi connectivity index (χ3v) is 4.04. The first kappa shape index (κ1) is 19.6. The Kier molecular flexibility index (Phi) is 7.80. The van der Waals surface area contributed by atoms with Gasteiger partial charge in [-0.05, 0) is 36.8 Å². The average molecular weight is 357 g/mol. The van der Waals surface area contributed by atoms with Crippen LogP contribution in [0, 0.1) is 0 Å². The molecule has 0 radical (unpaired) electrons. The van der Waals surface area contributed by atoms with Crippen LogP contribution in [-0.4, -0.2) is 26.7 Å². The molecule has 2 aromatic rings. The van der Waals surface area contributed by atoms with E-state index in [1.807, 2.05) is 30.3 Å². The maximum Gasteiger partial charge on any atom is 0.251 e. The highest BCUT2D eigenvalue weighted by atomic mass is 16.5. The lowest BCUT2D eigenvalue weighted by molar-refractivity contribution is 0.0952. The number of carbonyl (C=O) groups is 1. The van der Waals surface area contributed by atoms with E-state index in [9.17, 15) is 4.79 Å². The number of unbranched alkanes of at least 4 members (excludes halogenated alkanes) is 2. The van der Waals surface area contributed by atoms with Crippen molar-refractivity contribution < 1.29 is 19.0 Å². The Morgan fingerprint density at radius 2 is 1.81 bits per heavy atom. The van der Waals surface area contributed by atoms with Crippen LogP contribution in [0.15, 0.2) is 42.5 Å². The number of benzene rings is 2. The van der Waals surface area contributed by atoms with Crippen molar-refractivity contribution in [2.45, 2.75) is 32.8 Å². The molecule has 26 heavy (non-hydrogen) atoms. The van der Waals surface area contributed by atoms with Crippen LogP contribution in [0.2, 0.25) is 0 Å². The Labute approximate surface area is 155 Å². The van der Waals surface area contributed by atoms with Gasteiger partial charge in [0.25, 0.3) is 5.91 Å². The number of hydrogen-bond acceptors (Lipinski definition) is 4. The fourth-order valence-electron chi connectivity index (χ4n) is 2.56. The molecule has 2 rings (SSSR count). The summed E-state index contributed by atoms with van der Waals surface area (Å²) in [6, 6.07) is 12.8. The normalized spacial score (nSPS) is 10.3. The van der Waals surface area contributed by atoms with Crippen molar-refractivity contribution in [2.24, 2.45) is 0 Å². The maximum atomic E-state index is 12.3. The molecule has 0 saturated heterocycles. The van der Waals surface area contributed by atoms with Crippen LogP contribution >= 0.6 is 0 Å². The second-order valence-electron chi connectivity index (χ2n) is 5.96. The molecule has 0 aliphatic rings. The molecule has 5 heteroatoms. The first-order chi connectivity index (χ1) is 12.7. The average Bonchev–Trinajstić information content (AvgIpc) is 2.69. The van der Waals surface area contributed by atoms with Gasteiger partial charge in [-0.2, -0.15) is 0 Å². The van der Waals surface area contributed by atoms with E-state index in [4.69, 9.17) is 14.2 Å². The fourth-order valence-corrected chi connectivity index (χ4v) is 2.56. The maximum absolute atomic E-state index is 12.3. The first-order valence-corrected chi connectivity index (χ1v) is 8.90. The van der Waals surface area contributed by atoms with Gasteiger partial charge in [-0.3, -0.25) is 4.79 Å². The van der Waals surface area contributed by atoms with E-state index in [-0.39, 0.29) is 5.91 Å². The number of amides is 1. The molecule has 5 nitrogen and oxygen atoms in total. The Morgan fingerprint density at radius 3 is 2.54 bits per heavy atom. The molecule has 0 heterocycles.